The molecule has 1 heterocycles. The zero-order valence-corrected chi connectivity index (χ0v) is 14.3. The number of aliphatic carboxylic acids is 1. The highest BCUT2D eigenvalue weighted by atomic mass is 16.4. The summed E-state index contributed by atoms with van der Waals surface area (Å²) in [6.07, 6.45) is 5.20. The van der Waals surface area contributed by atoms with Crippen LogP contribution in [-0.4, -0.2) is 47.7 Å². The molecule has 0 aromatic heterocycles. The molecule has 1 aliphatic heterocycles. The van der Waals surface area contributed by atoms with E-state index in [1.807, 2.05) is 6.92 Å². The van der Waals surface area contributed by atoms with E-state index in [1.165, 1.54) is 25.9 Å². The van der Waals surface area contributed by atoms with Crippen molar-refractivity contribution in [3.63, 3.8) is 0 Å². The molecule has 0 radical (unpaired) electrons. The highest BCUT2D eigenvalue weighted by Gasteiger charge is 2.32. The van der Waals surface area contributed by atoms with E-state index in [0.29, 0.717) is 6.42 Å². The molecule has 1 unspecified atom stereocenters. The van der Waals surface area contributed by atoms with E-state index in [4.69, 9.17) is 0 Å². The van der Waals surface area contributed by atoms with Gasteiger partial charge in [0.25, 0.3) is 0 Å². The first kappa shape index (κ1) is 18.4. The largest absolute Gasteiger partial charge is 0.480 e. The number of carbonyl (C=O) groups is 1. The summed E-state index contributed by atoms with van der Waals surface area (Å²) in [4.78, 5) is 14.0. The van der Waals surface area contributed by atoms with Crippen molar-refractivity contribution >= 4 is 5.97 Å². The number of likely N-dealkylation sites (tertiary alicyclic amines) is 1. The molecule has 21 heavy (non-hydrogen) atoms. The smallest absolute Gasteiger partial charge is 0.323 e. The predicted octanol–water partition coefficient (Wildman–Crippen LogP) is 2.98. The maximum atomic E-state index is 11.5. The fourth-order valence-electron chi connectivity index (χ4n) is 3.17. The van der Waals surface area contributed by atoms with Crippen molar-refractivity contribution in [1.82, 2.24) is 10.2 Å². The van der Waals surface area contributed by atoms with Crippen molar-refractivity contribution in [2.45, 2.75) is 65.3 Å². The third kappa shape index (κ3) is 5.95. The van der Waals surface area contributed by atoms with Gasteiger partial charge < -0.3 is 15.3 Å². The summed E-state index contributed by atoms with van der Waals surface area (Å²) in [5.41, 5.74) is -0.772. The van der Waals surface area contributed by atoms with Crippen molar-refractivity contribution in [1.29, 1.82) is 0 Å². The molecule has 0 aromatic rings. The normalized spacial score (nSPS) is 20.6. The highest BCUT2D eigenvalue weighted by molar-refractivity contribution is 5.78. The topological polar surface area (TPSA) is 52.6 Å². The number of hydrogen-bond acceptors (Lipinski definition) is 3. The molecular formula is C17H34N2O2. The maximum Gasteiger partial charge on any atom is 0.323 e. The van der Waals surface area contributed by atoms with Gasteiger partial charge in [0.1, 0.15) is 5.54 Å². The van der Waals surface area contributed by atoms with Crippen LogP contribution >= 0.6 is 0 Å². The molecule has 4 heteroatoms. The molecule has 1 rings (SSSR count). The molecule has 0 bridgehead atoms. The van der Waals surface area contributed by atoms with Gasteiger partial charge in [0.15, 0.2) is 0 Å². The number of rotatable bonds is 9. The molecule has 0 amide bonds. The Labute approximate surface area is 130 Å². The molecule has 0 saturated carbocycles. The molecule has 1 atom stereocenters. The molecule has 0 aliphatic carbocycles. The van der Waals surface area contributed by atoms with Crippen molar-refractivity contribution in [2.75, 3.05) is 26.2 Å². The van der Waals surface area contributed by atoms with Crippen LogP contribution < -0.4 is 5.32 Å². The van der Waals surface area contributed by atoms with Gasteiger partial charge in [0.05, 0.1) is 0 Å². The van der Waals surface area contributed by atoms with Gasteiger partial charge in [-0.05, 0) is 77.0 Å². The number of piperidine rings is 1. The Balaban J connectivity index is 2.30. The van der Waals surface area contributed by atoms with Gasteiger partial charge in [-0.15, -0.1) is 0 Å². The van der Waals surface area contributed by atoms with Gasteiger partial charge in [0, 0.05) is 0 Å². The molecule has 1 fully saturated rings. The zero-order chi connectivity index (χ0) is 15.9. The van der Waals surface area contributed by atoms with Crippen LogP contribution in [0.2, 0.25) is 0 Å². The Hall–Kier alpha value is -0.610. The summed E-state index contributed by atoms with van der Waals surface area (Å²) in [6.45, 7) is 12.7. The third-order valence-corrected chi connectivity index (χ3v) is 4.96. The van der Waals surface area contributed by atoms with E-state index < -0.39 is 11.5 Å². The van der Waals surface area contributed by atoms with Crippen LogP contribution in [0.25, 0.3) is 0 Å². The molecule has 1 saturated heterocycles. The van der Waals surface area contributed by atoms with Crippen molar-refractivity contribution in [2.24, 2.45) is 11.8 Å². The molecule has 0 spiro atoms. The van der Waals surface area contributed by atoms with E-state index in [0.717, 1.165) is 37.8 Å². The molecule has 2 N–H and O–H groups in total. The van der Waals surface area contributed by atoms with Gasteiger partial charge in [0.2, 0.25) is 0 Å². The van der Waals surface area contributed by atoms with Crippen molar-refractivity contribution in [3.8, 4) is 0 Å². The van der Waals surface area contributed by atoms with Crippen LogP contribution in [0, 0.1) is 11.8 Å². The number of nitrogens with one attached hydrogen (secondary N) is 1. The second-order valence-corrected chi connectivity index (χ2v) is 7.09. The minimum Gasteiger partial charge on any atom is -0.480 e. The standard InChI is InChI=1S/C17H34N2O2/c1-5-10-18-17(4,16(20)21)9-6-11-19-12-7-15(8-13-19)14(2)3/h14-15,18H,5-13H2,1-4H3,(H,20,21). The van der Waals surface area contributed by atoms with Crippen LogP contribution in [-0.2, 0) is 4.79 Å². The number of carboxylic acid groups (broad SMARTS) is 1. The molecule has 124 valence electrons. The number of nitrogens with zero attached hydrogens (tertiary/aromatic N) is 1. The molecular weight excluding hydrogens is 264 g/mol. The first-order valence-electron chi connectivity index (χ1n) is 8.60. The van der Waals surface area contributed by atoms with E-state index in [2.05, 4.69) is 31.0 Å². The molecule has 4 nitrogen and oxygen atoms in total. The zero-order valence-electron chi connectivity index (χ0n) is 14.3. The number of carboxylic acids is 1. The van der Waals surface area contributed by atoms with Gasteiger partial charge in [-0.25, -0.2) is 0 Å². The first-order valence-corrected chi connectivity index (χ1v) is 8.60. The Morgan fingerprint density at radius 3 is 2.48 bits per heavy atom. The lowest BCUT2D eigenvalue weighted by atomic mass is 9.86. The summed E-state index contributed by atoms with van der Waals surface area (Å²) in [6, 6.07) is 0. The minimum atomic E-state index is -0.772. The van der Waals surface area contributed by atoms with E-state index >= 15 is 0 Å². The minimum absolute atomic E-state index is 0.701. The summed E-state index contributed by atoms with van der Waals surface area (Å²) in [5.74, 6) is 0.937. The first-order chi connectivity index (χ1) is 9.89. The van der Waals surface area contributed by atoms with Crippen LogP contribution in [0.5, 0.6) is 0 Å². The van der Waals surface area contributed by atoms with Gasteiger partial charge >= 0.3 is 5.97 Å². The number of hydrogen-bond donors (Lipinski definition) is 2. The molecule has 0 aromatic carbocycles. The van der Waals surface area contributed by atoms with Crippen molar-refractivity contribution < 1.29 is 9.90 Å². The van der Waals surface area contributed by atoms with Crippen LogP contribution in [0.15, 0.2) is 0 Å². The third-order valence-electron chi connectivity index (χ3n) is 4.96. The lowest BCUT2D eigenvalue weighted by Crippen LogP contribution is -2.50. The Morgan fingerprint density at radius 1 is 1.38 bits per heavy atom. The fourth-order valence-corrected chi connectivity index (χ4v) is 3.17. The average molecular weight is 298 g/mol. The van der Waals surface area contributed by atoms with Crippen LogP contribution in [0.1, 0.15) is 59.8 Å². The summed E-state index contributed by atoms with van der Waals surface area (Å²) in [5, 5.41) is 12.6. The monoisotopic (exact) mass is 298 g/mol. The summed E-state index contributed by atoms with van der Waals surface area (Å²) < 4.78 is 0. The summed E-state index contributed by atoms with van der Waals surface area (Å²) >= 11 is 0. The highest BCUT2D eigenvalue weighted by Crippen LogP contribution is 2.24. The Bertz CT molecular complexity index is 312. The second kappa shape index (κ2) is 8.74. The van der Waals surface area contributed by atoms with E-state index in [-0.39, 0.29) is 0 Å². The second-order valence-electron chi connectivity index (χ2n) is 7.09. The lowest BCUT2D eigenvalue weighted by Gasteiger charge is -2.34. The fraction of sp³-hybridized carbons (Fsp3) is 0.941. The Morgan fingerprint density at radius 2 is 2.00 bits per heavy atom. The SMILES string of the molecule is CCCNC(C)(CCCN1CCC(C(C)C)CC1)C(=O)O. The quantitative estimate of drug-likeness (QED) is 0.687. The van der Waals surface area contributed by atoms with Crippen molar-refractivity contribution in [3.05, 3.63) is 0 Å². The predicted molar refractivity (Wildman–Crippen MR) is 87.6 cm³/mol. The van der Waals surface area contributed by atoms with Crippen LogP contribution in [0.4, 0.5) is 0 Å². The van der Waals surface area contributed by atoms with Gasteiger partial charge in [-0.3, -0.25) is 4.79 Å². The average Bonchev–Trinajstić information content (AvgIpc) is 2.45. The Kier molecular flexibility index (Phi) is 7.67. The van der Waals surface area contributed by atoms with Crippen LogP contribution in [0.3, 0.4) is 0 Å². The molecule has 1 aliphatic rings. The van der Waals surface area contributed by atoms with E-state index in [1.54, 1.807) is 0 Å². The van der Waals surface area contributed by atoms with E-state index in [9.17, 15) is 9.90 Å². The van der Waals surface area contributed by atoms with Gasteiger partial charge in [-0.2, -0.15) is 0 Å². The van der Waals surface area contributed by atoms with Gasteiger partial charge in [-0.1, -0.05) is 20.8 Å². The summed E-state index contributed by atoms with van der Waals surface area (Å²) in [7, 11) is 0. The lowest BCUT2D eigenvalue weighted by molar-refractivity contribution is -0.144. The maximum absolute atomic E-state index is 11.5.